The molecular formula is C24H25N3O. The number of H-pyrrole nitrogens is 1. The number of benzene rings is 3. The second-order valence-electron chi connectivity index (χ2n) is 7.63. The van der Waals surface area contributed by atoms with E-state index in [9.17, 15) is 0 Å². The highest BCUT2D eigenvalue weighted by Gasteiger charge is 2.22. The fourth-order valence-electron chi connectivity index (χ4n) is 4.18. The van der Waals surface area contributed by atoms with Crippen LogP contribution in [0.4, 0.5) is 0 Å². The minimum absolute atomic E-state index is 0.308. The van der Waals surface area contributed by atoms with E-state index < -0.39 is 0 Å². The predicted molar refractivity (Wildman–Crippen MR) is 114 cm³/mol. The molecule has 4 heteroatoms. The van der Waals surface area contributed by atoms with E-state index in [0.29, 0.717) is 12.6 Å². The van der Waals surface area contributed by atoms with Crippen molar-refractivity contribution < 1.29 is 4.74 Å². The summed E-state index contributed by atoms with van der Waals surface area (Å²) in [7, 11) is 0. The number of nitrogens with one attached hydrogen (secondary N) is 1. The molecule has 0 spiro atoms. The van der Waals surface area contributed by atoms with Crippen molar-refractivity contribution in [2.75, 3.05) is 13.1 Å². The molecule has 4 nitrogen and oxygen atoms in total. The van der Waals surface area contributed by atoms with Crippen LogP contribution in [0.5, 0.6) is 5.75 Å². The lowest BCUT2D eigenvalue weighted by Gasteiger charge is -2.21. The summed E-state index contributed by atoms with van der Waals surface area (Å²) in [5, 5.41) is 2.25. The molecule has 1 unspecified atom stereocenters. The molecule has 1 fully saturated rings. The molecule has 2 heterocycles. The van der Waals surface area contributed by atoms with E-state index >= 15 is 0 Å². The minimum atomic E-state index is 0.308. The molecule has 0 radical (unpaired) electrons. The Labute approximate surface area is 165 Å². The summed E-state index contributed by atoms with van der Waals surface area (Å²) in [5.41, 5.74) is 3.24. The molecule has 1 atom stereocenters. The molecule has 1 aliphatic rings. The maximum atomic E-state index is 6.22. The Balaban J connectivity index is 1.54. The third-order valence-corrected chi connectivity index (χ3v) is 5.79. The van der Waals surface area contributed by atoms with E-state index in [-0.39, 0.29) is 0 Å². The van der Waals surface area contributed by atoms with Crippen LogP contribution in [0.25, 0.3) is 21.8 Å². The van der Waals surface area contributed by atoms with E-state index in [1.165, 1.54) is 18.4 Å². The van der Waals surface area contributed by atoms with Gasteiger partial charge in [0.25, 0.3) is 0 Å². The van der Waals surface area contributed by atoms with Gasteiger partial charge in [-0.05, 0) is 38.4 Å². The Morgan fingerprint density at radius 3 is 2.50 bits per heavy atom. The van der Waals surface area contributed by atoms with Crippen molar-refractivity contribution in [3.63, 3.8) is 0 Å². The fourth-order valence-corrected chi connectivity index (χ4v) is 4.18. The lowest BCUT2D eigenvalue weighted by Crippen LogP contribution is -2.24. The lowest BCUT2D eigenvalue weighted by molar-refractivity contribution is 0.255. The first kappa shape index (κ1) is 17.3. The van der Waals surface area contributed by atoms with Crippen LogP contribution in [0.2, 0.25) is 0 Å². The van der Waals surface area contributed by atoms with E-state index in [1.807, 2.05) is 18.2 Å². The minimum Gasteiger partial charge on any atom is -0.488 e. The number of aromatic amines is 1. The molecule has 1 aromatic heterocycles. The highest BCUT2D eigenvalue weighted by atomic mass is 16.5. The van der Waals surface area contributed by atoms with Gasteiger partial charge in [0, 0.05) is 16.8 Å². The Kier molecular flexibility index (Phi) is 4.49. The zero-order chi connectivity index (χ0) is 18.9. The van der Waals surface area contributed by atoms with Gasteiger partial charge in [-0.25, -0.2) is 4.98 Å². The first-order valence-corrected chi connectivity index (χ1v) is 10.1. The first-order valence-electron chi connectivity index (χ1n) is 10.1. The fraction of sp³-hybridized carbons (Fsp3) is 0.292. The van der Waals surface area contributed by atoms with Crippen molar-refractivity contribution in [3.8, 4) is 5.75 Å². The number of nitrogens with zero attached hydrogens (tertiary/aromatic N) is 2. The summed E-state index contributed by atoms with van der Waals surface area (Å²) in [6.07, 6.45) is 2.57. The molecule has 0 saturated carbocycles. The highest BCUT2D eigenvalue weighted by Crippen LogP contribution is 2.34. The van der Waals surface area contributed by atoms with Crippen molar-refractivity contribution in [2.24, 2.45) is 0 Å². The van der Waals surface area contributed by atoms with E-state index in [1.54, 1.807) is 0 Å². The van der Waals surface area contributed by atoms with Gasteiger partial charge in [0.1, 0.15) is 18.2 Å². The quantitative estimate of drug-likeness (QED) is 0.507. The second kappa shape index (κ2) is 7.28. The second-order valence-corrected chi connectivity index (χ2v) is 7.63. The predicted octanol–water partition coefficient (Wildman–Crippen LogP) is 5.45. The Morgan fingerprint density at radius 2 is 1.71 bits per heavy atom. The summed E-state index contributed by atoms with van der Waals surface area (Å²) in [6.45, 7) is 5.12. The molecule has 5 rings (SSSR count). The summed E-state index contributed by atoms with van der Waals surface area (Å²) in [5.74, 6) is 1.94. The SMILES string of the molecule is CC(c1nc2c(cc(OCc3ccccc3)c3ccccc32)[nH]1)N1CCCC1. The standard InChI is InChI=1S/C24H25N3O/c1-17(27-13-7-8-14-27)24-25-21-15-22(28-16-18-9-3-2-4-10-18)19-11-5-6-12-20(19)23(21)26-24/h2-6,9-12,15,17H,7-8,13-14,16H2,1H3,(H,25,26). The molecule has 28 heavy (non-hydrogen) atoms. The summed E-state index contributed by atoms with van der Waals surface area (Å²) >= 11 is 0. The number of fused-ring (bicyclic) bond motifs is 3. The van der Waals surface area contributed by atoms with Crippen LogP contribution < -0.4 is 4.74 Å². The van der Waals surface area contributed by atoms with Crippen LogP contribution in [0.1, 0.15) is 37.2 Å². The number of hydrogen-bond acceptors (Lipinski definition) is 3. The molecule has 142 valence electrons. The van der Waals surface area contributed by atoms with Crippen LogP contribution in [0.15, 0.2) is 60.7 Å². The number of imidazole rings is 1. The van der Waals surface area contributed by atoms with Crippen molar-refractivity contribution in [3.05, 3.63) is 72.1 Å². The maximum Gasteiger partial charge on any atom is 0.129 e. The smallest absolute Gasteiger partial charge is 0.129 e. The number of hydrogen-bond donors (Lipinski definition) is 1. The third kappa shape index (κ3) is 3.14. The highest BCUT2D eigenvalue weighted by molar-refractivity contribution is 6.07. The van der Waals surface area contributed by atoms with Gasteiger partial charge < -0.3 is 9.72 Å². The average molecular weight is 371 g/mol. The first-order chi connectivity index (χ1) is 13.8. The largest absolute Gasteiger partial charge is 0.488 e. The zero-order valence-electron chi connectivity index (χ0n) is 16.2. The van der Waals surface area contributed by atoms with Gasteiger partial charge in [-0.15, -0.1) is 0 Å². The average Bonchev–Trinajstić information content (AvgIpc) is 3.42. The Morgan fingerprint density at radius 1 is 1.00 bits per heavy atom. The number of rotatable bonds is 5. The summed E-state index contributed by atoms with van der Waals surface area (Å²) in [4.78, 5) is 11.1. The number of likely N-dealkylation sites (tertiary alicyclic amines) is 1. The van der Waals surface area contributed by atoms with Crippen LogP contribution in [-0.4, -0.2) is 28.0 Å². The van der Waals surface area contributed by atoms with E-state index in [4.69, 9.17) is 9.72 Å². The monoisotopic (exact) mass is 371 g/mol. The van der Waals surface area contributed by atoms with Gasteiger partial charge in [-0.1, -0.05) is 54.6 Å². The van der Waals surface area contributed by atoms with Crippen molar-refractivity contribution >= 4 is 21.8 Å². The number of aromatic nitrogens is 2. The molecule has 3 aromatic carbocycles. The molecule has 1 N–H and O–H groups in total. The summed E-state index contributed by atoms with van der Waals surface area (Å²) in [6, 6.07) is 21.1. The van der Waals surface area contributed by atoms with Gasteiger partial charge in [0.2, 0.25) is 0 Å². The van der Waals surface area contributed by atoms with Gasteiger partial charge in [-0.3, -0.25) is 4.90 Å². The van der Waals surface area contributed by atoms with E-state index in [2.05, 4.69) is 59.3 Å². The van der Waals surface area contributed by atoms with Gasteiger partial charge in [0.05, 0.1) is 17.1 Å². The molecule has 4 aromatic rings. The van der Waals surface area contributed by atoms with Gasteiger partial charge >= 0.3 is 0 Å². The molecular weight excluding hydrogens is 346 g/mol. The van der Waals surface area contributed by atoms with Gasteiger partial charge in [-0.2, -0.15) is 0 Å². The normalized spacial score (nSPS) is 16.0. The molecule has 1 saturated heterocycles. The zero-order valence-corrected chi connectivity index (χ0v) is 16.2. The lowest BCUT2D eigenvalue weighted by atomic mass is 10.1. The molecule has 0 amide bonds. The maximum absolute atomic E-state index is 6.22. The van der Waals surface area contributed by atoms with Crippen molar-refractivity contribution in [1.29, 1.82) is 0 Å². The van der Waals surface area contributed by atoms with Crippen LogP contribution in [-0.2, 0) is 6.61 Å². The third-order valence-electron chi connectivity index (χ3n) is 5.79. The number of ether oxygens (including phenoxy) is 1. The van der Waals surface area contributed by atoms with Crippen molar-refractivity contribution in [1.82, 2.24) is 14.9 Å². The summed E-state index contributed by atoms with van der Waals surface area (Å²) < 4.78 is 6.22. The van der Waals surface area contributed by atoms with Gasteiger partial charge in [0.15, 0.2) is 0 Å². The molecule has 1 aliphatic heterocycles. The van der Waals surface area contributed by atoms with Crippen LogP contribution in [0.3, 0.4) is 0 Å². The Bertz CT molecular complexity index is 1100. The molecule has 0 aliphatic carbocycles. The Hall–Kier alpha value is -2.85. The van der Waals surface area contributed by atoms with Crippen LogP contribution in [0, 0.1) is 0 Å². The van der Waals surface area contributed by atoms with Crippen molar-refractivity contribution in [2.45, 2.75) is 32.4 Å². The molecule has 0 bridgehead atoms. The topological polar surface area (TPSA) is 41.1 Å². The van der Waals surface area contributed by atoms with E-state index in [0.717, 1.165) is 46.5 Å². The van der Waals surface area contributed by atoms with Crippen LogP contribution >= 0.6 is 0 Å².